The van der Waals surface area contributed by atoms with Gasteiger partial charge < -0.3 is 5.32 Å². The molecule has 0 saturated carbocycles. The second-order valence-corrected chi connectivity index (χ2v) is 6.80. The fourth-order valence-electron chi connectivity index (χ4n) is 3.34. The van der Waals surface area contributed by atoms with Crippen LogP contribution in [0.25, 0.3) is 0 Å². The number of hydrogen-bond acceptors (Lipinski definition) is 2. The van der Waals surface area contributed by atoms with E-state index in [-0.39, 0.29) is 0 Å². The second-order valence-electron chi connectivity index (χ2n) is 6.80. The van der Waals surface area contributed by atoms with Gasteiger partial charge in [0.25, 0.3) is 0 Å². The molecule has 0 aliphatic carbocycles. The molecule has 0 aromatic heterocycles. The minimum atomic E-state index is 0.646. The van der Waals surface area contributed by atoms with E-state index in [1.54, 1.807) is 0 Å². The normalized spacial score (nSPS) is 21.4. The van der Waals surface area contributed by atoms with Gasteiger partial charge in [0.2, 0.25) is 0 Å². The molecule has 21 heavy (non-hydrogen) atoms. The summed E-state index contributed by atoms with van der Waals surface area (Å²) in [6.07, 6.45) is 3.94. The third kappa shape index (κ3) is 4.82. The third-order valence-corrected chi connectivity index (χ3v) is 4.94. The lowest BCUT2D eigenvalue weighted by Gasteiger charge is -2.36. The van der Waals surface area contributed by atoms with Gasteiger partial charge in [-0.05, 0) is 75.7 Å². The molecule has 2 nitrogen and oxygen atoms in total. The zero-order valence-corrected chi connectivity index (χ0v) is 14.3. The molecule has 118 valence electrons. The Morgan fingerprint density at radius 3 is 2.81 bits per heavy atom. The molecule has 1 heterocycles. The van der Waals surface area contributed by atoms with Crippen molar-refractivity contribution in [3.63, 3.8) is 0 Å². The topological polar surface area (TPSA) is 15.3 Å². The van der Waals surface area contributed by atoms with Crippen molar-refractivity contribution >= 4 is 0 Å². The molecule has 0 spiro atoms. The van der Waals surface area contributed by atoms with Gasteiger partial charge in [-0.15, -0.1) is 0 Å². The van der Waals surface area contributed by atoms with E-state index in [0.717, 1.165) is 19.0 Å². The van der Waals surface area contributed by atoms with Gasteiger partial charge in [0, 0.05) is 19.1 Å². The number of aryl methyl sites for hydroxylation is 2. The predicted molar refractivity (Wildman–Crippen MR) is 91.7 cm³/mol. The smallest absolute Gasteiger partial charge is 0.0233 e. The predicted octanol–water partition coefficient (Wildman–Crippen LogP) is 3.90. The Kier molecular flexibility index (Phi) is 6.25. The molecule has 1 fully saturated rings. The summed E-state index contributed by atoms with van der Waals surface area (Å²) in [5.74, 6) is 0.803. The molecule has 1 aliphatic heterocycles. The Morgan fingerprint density at radius 2 is 2.10 bits per heavy atom. The number of hydrogen-bond donors (Lipinski definition) is 1. The average Bonchev–Trinajstić information content (AvgIpc) is 2.49. The first-order valence-corrected chi connectivity index (χ1v) is 8.62. The van der Waals surface area contributed by atoms with Gasteiger partial charge in [-0.3, -0.25) is 4.90 Å². The molecule has 2 atom stereocenters. The highest BCUT2D eigenvalue weighted by atomic mass is 15.1. The molecule has 2 unspecified atom stereocenters. The SMILES string of the molecule is CCCNC(C)C1CCCN(Cc2ccc(C)c(C)c2)C1. The van der Waals surface area contributed by atoms with E-state index < -0.39 is 0 Å². The lowest BCUT2D eigenvalue weighted by molar-refractivity contribution is 0.144. The van der Waals surface area contributed by atoms with E-state index in [1.807, 2.05) is 0 Å². The summed E-state index contributed by atoms with van der Waals surface area (Å²) in [5, 5.41) is 3.68. The van der Waals surface area contributed by atoms with Crippen molar-refractivity contribution in [2.75, 3.05) is 19.6 Å². The highest BCUT2D eigenvalue weighted by Crippen LogP contribution is 2.22. The summed E-state index contributed by atoms with van der Waals surface area (Å²) in [6, 6.07) is 7.56. The van der Waals surface area contributed by atoms with Gasteiger partial charge in [0.1, 0.15) is 0 Å². The molecule has 2 rings (SSSR count). The van der Waals surface area contributed by atoms with Crippen LogP contribution in [0.4, 0.5) is 0 Å². The Hall–Kier alpha value is -0.860. The second kappa shape index (κ2) is 7.95. The number of benzene rings is 1. The van der Waals surface area contributed by atoms with E-state index in [1.165, 1.54) is 49.0 Å². The average molecular weight is 288 g/mol. The van der Waals surface area contributed by atoms with Crippen molar-refractivity contribution in [1.29, 1.82) is 0 Å². The third-order valence-electron chi connectivity index (χ3n) is 4.94. The zero-order valence-electron chi connectivity index (χ0n) is 14.3. The summed E-state index contributed by atoms with van der Waals surface area (Å²) in [5.41, 5.74) is 4.28. The van der Waals surface area contributed by atoms with Crippen LogP contribution in [-0.2, 0) is 6.54 Å². The van der Waals surface area contributed by atoms with Crippen molar-refractivity contribution in [2.24, 2.45) is 5.92 Å². The molecule has 1 aliphatic rings. The van der Waals surface area contributed by atoms with Gasteiger partial charge in [0.05, 0.1) is 0 Å². The van der Waals surface area contributed by atoms with Crippen LogP contribution in [0.1, 0.15) is 49.8 Å². The van der Waals surface area contributed by atoms with Crippen LogP contribution in [0.2, 0.25) is 0 Å². The zero-order chi connectivity index (χ0) is 15.2. The quantitative estimate of drug-likeness (QED) is 0.854. The van der Waals surface area contributed by atoms with Gasteiger partial charge in [-0.1, -0.05) is 25.1 Å². The largest absolute Gasteiger partial charge is 0.314 e. The first kappa shape index (κ1) is 16.5. The first-order valence-electron chi connectivity index (χ1n) is 8.62. The molecule has 1 N–H and O–H groups in total. The summed E-state index contributed by atoms with van der Waals surface area (Å²) < 4.78 is 0. The number of nitrogens with zero attached hydrogens (tertiary/aromatic N) is 1. The molecule has 1 aromatic carbocycles. The van der Waals surface area contributed by atoms with Gasteiger partial charge in [-0.2, -0.15) is 0 Å². The van der Waals surface area contributed by atoms with Gasteiger partial charge in [0.15, 0.2) is 0 Å². The molecule has 1 aromatic rings. The Balaban J connectivity index is 1.90. The van der Waals surface area contributed by atoms with E-state index >= 15 is 0 Å². The van der Waals surface area contributed by atoms with Gasteiger partial charge >= 0.3 is 0 Å². The first-order chi connectivity index (χ1) is 10.1. The maximum Gasteiger partial charge on any atom is 0.0233 e. The Labute approximate surface area is 130 Å². The molecular weight excluding hydrogens is 256 g/mol. The molecule has 1 saturated heterocycles. The summed E-state index contributed by atoms with van der Waals surface area (Å²) in [4.78, 5) is 2.64. The Morgan fingerprint density at radius 1 is 1.29 bits per heavy atom. The number of nitrogens with one attached hydrogen (secondary N) is 1. The lowest BCUT2D eigenvalue weighted by atomic mass is 9.91. The minimum Gasteiger partial charge on any atom is -0.314 e. The van der Waals surface area contributed by atoms with Crippen molar-refractivity contribution in [1.82, 2.24) is 10.2 Å². The Bertz CT molecular complexity index is 441. The molecular formula is C19H32N2. The molecule has 0 bridgehead atoms. The van der Waals surface area contributed by atoms with Crippen LogP contribution < -0.4 is 5.32 Å². The van der Waals surface area contributed by atoms with E-state index in [2.05, 4.69) is 56.1 Å². The van der Waals surface area contributed by atoms with Crippen LogP contribution in [0, 0.1) is 19.8 Å². The van der Waals surface area contributed by atoms with E-state index in [9.17, 15) is 0 Å². The minimum absolute atomic E-state index is 0.646. The number of likely N-dealkylation sites (tertiary alicyclic amines) is 1. The fourth-order valence-corrected chi connectivity index (χ4v) is 3.34. The highest BCUT2D eigenvalue weighted by Gasteiger charge is 2.24. The fraction of sp³-hybridized carbons (Fsp3) is 0.684. The van der Waals surface area contributed by atoms with Crippen LogP contribution in [0.15, 0.2) is 18.2 Å². The van der Waals surface area contributed by atoms with Crippen molar-refractivity contribution < 1.29 is 0 Å². The lowest BCUT2D eigenvalue weighted by Crippen LogP contribution is -2.44. The summed E-state index contributed by atoms with van der Waals surface area (Å²) >= 11 is 0. The van der Waals surface area contributed by atoms with Crippen LogP contribution >= 0.6 is 0 Å². The van der Waals surface area contributed by atoms with Crippen LogP contribution in [0.3, 0.4) is 0 Å². The van der Waals surface area contributed by atoms with Crippen LogP contribution in [-0.4, -0.2) is 30.6 Å². The maximum atomic E-state index is 3.68. The van der Waals surface area contributed by atoms with Gasteiger partial charge in [-0.25, -0.2) is 0 Å². The summed E-state index contributed by atoms with van der Waals surface area (Å²) in [7, 11) is 0. The molecule has 0 radical (unpaired) electrons. The molecule has 0 amide bonds. The molecule has 2 heteroatoms. The maximum absolute atomic E-state index is 3.68. The van der Waals surface area contributed by atoms with E-state index in [4.69, 9.17) is 0 Å². The van der Waals surface area contributed by atoms with Crippen molar-refractivity contribution in [2.45, 2.75) is 59.5 Å². The van der Waals surface area contributed by atoms with Crippen molar-refractivity contribution in [3.8, 4) is 0 Å². The monoisotopic (exact) mass is 288 g/mol. The van der Waals surface area contributed by atoms with E-state index in [0.29, 0.717) is 6.04 Å². The highest BCUT2D eigenvalue weighted by molar-refractivity contribution is 5.29. The standard InChI is InChI=1S/C19H32N2/c1-5-10-20-17(4)19-7-6-11-21(14-19)13-18-9-8-15(2)16(3)12-18/h8-9,12,17,19-20H,5-7,10-11,13-14H2,1-4H3. The summed E-state index contributed by atoms with van der Waals surface area (Å²) in [6.45, 7) is 13.8. The van der Waals surface area contributed by atoms with Crippen LogP contribution in [0.5, 0.6) is 0 Å². The number of piperidine rings is 1. The van der Waals surface area contributed by atoms with Crippen molar-refractivity contribution in [3.05, 3.63) is 34.9 Å². The number of rotatable bonds is 6.